The van der Waals surface area contributed by atoms with Gasteiger partial charge in [0.05, 0.1) is 11.8 Å². The maximum atomic E-state index is 13.1. The van der Waals surface area contributed by atoms with E-state index in [1.807, 2.05) is 80.8 Å². The average Bonchev–Trinajstić information content (AvgIpc) is 3.24. The molecule has 3 aromatic carbocycles. The lowest BCUT2D eigenvalue weighted by atomic mass is 9.98. The van der Waals surface area contributed by atoms with Crippen molar-refractivity contribution in [3.8, 4) is 0 Å². The Morgan fingerprint density at radius 1 is 0.933 bits per heavy atom. The number of hydrogen-bond acceptors (Lipinski definition) is 3. The molecule has 0 fully saturated rings. The van der Waals surface area contributed by atoms with Crippen molar-refractivity contribution < 1.29 is 4.79 Å². The minimum atomic E-state index is -0.121. The van der Waals surface area contributed by atoms with E-state index >= 15 is 0 Å². The molecule has 0 saturated heterocycles. The van der Waals surface area contributed by atoms with E-state index in [0.717, 1.165) is 28.1 Å². The summed E-state index contributed by atoms with van der Waals surface area (Å²) in [5.74, 6) is -0.119. The zero-order chi connectivity index (χ0) is 20.9. The molecule has 1 aliphatic rings. The molecule has 0 aliphatic carbocycles. The van der Waals surface area contributed by atoms with Crippen LogP contribution in [0, 0.1) is 0 Å². The molecule has 4 nitrogen and oxygen atoms in total. The van der Waals surface area contributed by atoms with E-state index in [2.05, 4.69) is 29.2 Å². The normalized spacial score (nSPS) is 16.0. The third kappa shape index (κ3) is 4.33. The lowest BCUT2D eigenvalue weighted by molar-refractivity contribution is -0.127. The minimum Gasteiger partial charge on any atom is -0.378 e. The van der Waals surface area contributed by atoms with Crippen LogP contribution >= 0.6 is 0 Å². The number of carbonyl (C=O) groups is 1. The van der Waals surface area contributed by atoms with Gasteiger partial charge in [0.2, 0.25) is 0 Å². The van der Waals surface area contributed by atoms with Crippen LogP contribution in [0.4, 0.5) is 5.69 Å². The number of benzene rings is 3. The largest absolute Gasteiger partial charge is 0.378 e. The molecule has 1 aliphatic heterocycles. The van der Waals surface area contributed by atoms with Crippen molar-refractivity contribution in [2.45, 2.75) is 12.5 Å². The molecular weight excluding hydrogens is 370 g/mol. The van der Waals surface area contributed by atoms with Crippen molar-refractivity contribution in [1.82, 2.24) is 5.01 Å². The number of anilines is 1. The number of amides is 1. The lowest BCUT2D eigenvalue weighted by Crippen LogP contribution is -2.25. The zero-order valence-electron chi connectivity index (χ0n) is 17.3. The quantitative estimate of drug-likeness (QED) is 0.561. The first-order chi connectivity index (χ1) is 14.6. The first kappa shape index (κ1) is 19.6. The molecule has 1 amide bonds. The molecule has 30 heavy (non-hydrogen) atoms. The van der Waals surface area contributed by atoms with Gasteiger partial charge >= 0.3 is 0 Å². The predicted octanol–water partition coefficient (Wildman–Crippen LogP) is 5.14. The van der Waals surface area contributed by atoms with Gasteiger partial charge in [0.15, 0.2) is 0 Å². The maximum Gasteiger partial charge on any atom is 0.267 e. The summed E-state index contributed by atoms with van der Waals surface area (Å²) in [6.07, 6.45) is 4.13. The van der Waals surface area contributed by atoms with Crippen molar-refractivity contribution in [1.29, 1.82) is 0 Å². The molecule has 0 bridgehead atoms. The van der Waals surface area contributed by atoms with Crippen LogP contribution in [-0.4, -0.2) is 30.7 Å². The summed E-state index contributed by atoms with van der Waals surface area (Å²) in [7, 11) is 4.04. The fourth-order valence-electron chi connectivity index (χ4n) is 3.58. The van der Waals surface area contributed by atoms with Gasteiger partial charge in [0.1, 0.15) is 0 Å². The van der Waals surface area contributed by atoms with Crippen molar-refractivity contribution in [3.05, 3.63) is 108 Å². The summed E-state index contributed by atoms with van der Waals surface area (Å²) < 4.78 is 0. The third-order valence-electron chi connectivity index (χ3n) is 5.26. The summed E-state index contributed by atoms with van der Waals surface area (Å²) in [5.41, 5.74) is 5.18. The van der Waals surface area contributed by atoms with Gasteiger partial charge in [0, 0.05) is 32.3 Å². The van der Waals surface area contributed by atoms with E-state index in [-0.39, 0.29) is 11.9 Å². The van der Waals surface area contributed by atoms with E-state index in [0.29, 0.717) is 6.42 Å². The Bertz CT molecular complexity index is 1050. The Morgan fingerprint density at radius 3 is 2.20 bits per heavy atom. The third-order valence-corrected chi connectivity index (χ3v) is 5.26. The summed E-state index contributed by atoms with van der Waals surface area (Å²) in [6.45, 7) is 0. The Balaban J connectivity index is 1.64. The molecule has 0 N–H and O–H groups in total. The summed E-state index contributed by atoms with van der Waals surface area (Å²) >= 11 is 0. The molecule has 0 aromatic heterocycles. The number of rotatable bonds is 5. The molecule has 1 atom stereocenters. The molecular formula is C26H25N3O. The van der Waals surface area contributed by atoms with Crippen LogP contribution in [0.2, 0.25) is 0 Å². The van der Waals surface area contributed by atoms with Gasteiger partial charge in [-0.1, -0.05) is 72.8 Å². The van der Waals surface area contributed by atoms with Crippen LogP contribution in [0.15, 0.2) is 96.1 Å². The molecule has 3 aromatic rings. The SMILES string of the molecule is CN(C)c1ccc([C@@H]2CC(c3ccccc3)=NN2C(=O)/C=C/c2ccccc2)cc1. The maximum absolute atomic E-state index is 13.1. The van der Waals surface area contributed by atoms with Gasteiger partial charge in [-0.2, -0.15) is 5.10 Å². The van der Waals surface area contributed by atoms with E-state index < -0.39 is 0 Å². The summed E-state index contributed by atoms with van der Waals surface area (Å²) in [5, 5.41) is 6.34. The van der Waals surface area contributed by atoms with Crippen LogP contribution in [-0.2, 0) is 4.79 Å². The highest BCUT2D eigenvalue weighted by molar-refractivity contribution is 6.04. The molecule has 0 unspecified atom stereocenters. The minimum absolute atomic E-state index is 0.119. The zero-order valence-corrected chi connectivity index (χ0v) is 17.3. The van der Waals surface area contributed by atoms with E-state index in [1.165, 1.54) is 0 Å². The molecule has 4 heteroatoms. The Kier molecular flexibility index (Phi) is 5.75. The molecule has 0 radical (unpaired) electrons. The average molecular weight is 396 g/mol. The van der Waals surface area contributed by atoms with Crippen molar-refractivity contribution in [3.63, 3.8) is 0 Å². The molecule has 150 valence electrons. The summed E-state index contributed by atoms with van der Waals surface area (Å²) in [6, 6.07) is 28.1. The standard InChI is InChI=1S/C26H25N3O/c1-28(2)23-16-14-22(15-17-23)25-19-24(21-11-7-4-8-12-21)27-29(25)26(30)18-13-20-9-5-3-6-10-20/h3-18,25H,19H2,1-2H3/b18-13+/t25-/m0/s1. The summed E-state index contributed by atoms with van der Waals surface area (Å²) in [4.78, 5) is 15.1. The van der Waals surface area contributed by atoms with Crippen LogP contribution in [0.5, 0.6) is 0 Å². The second-order valence-electron chi connectivity index (χ2n) is 7.55. The highest BCUT2D eigenvalue weighted by Crippen LogP contribution is 2.33. The van der Waals surface area contributed by atoms with Gasteiger partial charge in [-0.3, -0.25) is 4.79 Å². The van der Waals surface area contributed by atoms with Crippen LogP contribution in [0.25, 0.3) is 6.08 Å². The smallest absolute Gasteiger partial charge is 0.267 e. The van der Waals surface area contributed by atoms with E-state index in [4.69, 9.17) is 5.10 Å². The number of nitrogens with zero attached hydrogens (tertiary/aromatic N) is 3. The Labute approximate surface area is 177 Å². The highest BCUT2D eigenvalue weighted by atomic mass is 16.2. The fourth-order valence-corrected chi connectivity index (χ4v) is 3.58. The first-order valence-electron chi connectivity index (χ1n) is 10.1. The predicted molar refractivity (Wildman–Crippen MR) is 123 cm³/mol. The Hall–Kier alpha value is -3.66. The topological polar surface area (TPSA) is 35.9 Å². The van der Waals surface area contributed by atoms with Gasteiger partial charge < -0.3 is 4.90 Å². The van der Waals surface area contributed by atoms with Crippen LogP contribution in [0.3, 0.4) is 0 Å². The molecule has 1 heterocycles. The van der Waals surface area contributed by atoms with Crippen LogP contribution < -0.4 is 4.90 Å². The lowest BCUT2D eigenvalue weighted by Gasteiger charge is -2.22. The second-order valence-corrected chi connectivity index (χ2v) is 7.55. The highest BCUT2D eigenvalue weighted by Gasteiger charge is 2.32. The fraction of sp³-hybridized carbons (Fsp3) is 0.154. The molecule has 4 rings (SSSR count). The van der Waals surface area contributed by atoms with Gasteiger partial charge in [-0.15, -0.1) is 0 Å². The van der Waals surface area contributed by atoms with Crippen molar-refractivity contribution in [2.24, 2.45) is 5.10 Å². The van der Waals surface area contributed by atoms with E-state index in [9.17, 15) is 4.79 Å². The molecule has 0 spiro atoms. The van der Waals surface area contributed by atoms with Gasteiger partial charge in [0.25, 0.3) is 5.91 Å². The van der Waals surface area contributed by atoms with Crippen molar-refractivity contribution >= 4 is 23.4 Å². The second kappa shape index (κ2) is 8.78. The van der Waals surface area contributed by atoms with Crippen LogP contribution in [0.1, 0.15) is 29.2 Å². The number of hydrogen-bond donors (Lipinski definition) is 0. The van der Waals surface area contributed by atoms with Crippen molar-refractivity contribution in [2.75, 3.05) is 19.0 Å². The molecule has 0 saturated carbocycles. The van der Waals surface area contributed by atoms with E-state index in [1.54, 1.807) is 11.1 Å². The van der Waals surface area contributed by atoms with Gasteiger partial charge in [-0.05, 0) is 34.9 Å². The monoisotopic (exact) mass is 395 g/mol. The first-order valence-corrected chi connectivity index (χ1v) is 10.1. The Morgan fingerprint density at radius 2 is 1.57 bits per heavy atom. The number of hydrazone groups is 1. The van der Waals surface area contributed by atoms with Gasteiger partial charge in [-0.25, -0.2) is 5.01 Å². The number of carbonyl (C=O) groups excluding carboxylic acids is 1.